The molecule has 0 aliphatic carbocycles. The van der Waals surface area contributed by atoms with E-state index in [1.807, 2.05) is 0 Å². The molecule has 0 aromatic carbocycles. The minimum atomic E-state index is -3.81. The van der Waals surface area contributed by atoms with Gasteiger partial charge in [-0.1, -0.05) is 23.4 Å². The Morgan fingerprint density at radius 2 is 2.15 bits per heavy atom. The smallest absolute Gasteiger partial charge is 0.338 e. The van der Waals surface area contributed by atoms with Crippen molar-refractivity contribution in [3.05, 3.63) is 0 Å². The number of nitrogens with two attached hydrogens (primary N) is 1. The highest BCUT2D eigenvalue weighted by molar-refractivity contribution is 8.00. The largest absolute Gasteiger partial charge is 0.480 e. The van der Waals surface area contributed by atoms with E-state index in [0.29, 0.717) is 0 Å². The van der Waals surface area contributed by atoms with E-state index >= 15 is 0 Å². The molecule has 0 rings (SSSR count). The van der Waals surface area contributed by atoms with Gasteiger partial charge in [-0.25, -0.2) is 4.39 Å². The Hall–Kier alpha value is -0.140. The Kier molecular flexibility index (Phi) is 4.87. The molecule has 0 aromatic rings. The monoisotopic (exact) mass is 237 g/mol. The Balaban J connectivity index is 3.95. The maximum absolute atomic E-state index is 12.4. The molecule has 0 aromatic heterocycles. The molecule has 0 saturated heterocycles. The second-order valence-electron chi connectivity index (χ2n) is 2.12. The molecule has 8 heteroatoms. The maximum atomic E-state index is 12.4. The summed E-state index contributed by atoms with van der Waals surface area (Å²) in [6, 6.07) is -1.45. The molecule has 1 unspecified atom stereocenters. The van der Waals surface area contributed by atoms with Gasteiger partial charge in [0.15, 0.2) is 0 Å². The van der Waals surface area contributed by atoms with Gasteiger partial charge in [-0.15, -0.1) is 0 Å². The average molecular weight is 238 g/mol. The topological polar surface area (TPSA) is 63.3 Å². The predicted molar refractivity (Wildman–Crippen MR) is 43.8 cm³/mol. The lowest BCUT2D eigenvalue weighted by molar-refractivity contribution is -0.137. The number of aliphatic carboxylic acids is 1. The lowest BCUT2D eigenvalue weighted by atomic mass is 10.4. The summed E-state index contributed by atoms with van der Waals surface area (Å²) in [5, 5.41) is 4.40. The van der Waals surface area contributed by atoms with Gasteiger partial charge >= 0.3 is 11.2 Å². The van der Waals surface area contributed by atoms with Crippen molar-refractivity contribution >= 4 is 29.3 Å². The van der Waals surface area contributed by atoms with Crippen molar-refractivity contribution in [3.8, 4) is 0 Å². The van der Waals surface area contributed by atoms with Crippen LogP contribution in [0.15, 0.2) is 0 Å². The molecule has 0 spiro atoms. The summed E-state index contributed by atoms with van der Waals surface area (Å²) in [5.74, 6) is -2.02. The van der Waals surface area contributed by atoms with E-state index in [4.69, 9.17) is 10.8 Å². The van der Waals surface area contributed by atoms with Gasteiger partial charge in [-0.2, -0.15) is 8.78 Å². The number of alkyl halides is 4. The Labute approximate surface area is 81.4 Å². The average Bonchev–Trinajstić information content (AvgIpc) is 1.99. The maximum Gasteiger partial charge on any atom is 0.338 e. The van der Waals surface area contributed by atoms with Gasteiger partial charge in [-0.05, 0) is 0 Å². The van der Waals surface area contributed by atoms with Crippen LogP contribution in [0.4, 0.5) is 13.2 Å². The Bertz CT molecular complexity index is 193. The predicted octanol–water partition coefficient (Wildman–Crippen LogP) is 1.26. The summed E-state index contributed by atoms with van der Waals surface area (Å²) in [6.45, 7) is 0. The number of rotatable bonds is 5. The highest BCUT2D eigenvalue weighted by Gasteiger charge is 2.40. The Morgan fingerprint density at radius 3 is 2.46 bits per heavy atom. The van der Waals surface area contributed by atoms with Crippen molar-refractivity contribution in [2.75, 3.05) is 5.75 Å². The van der Waals surface area contributed by atoms with Crippen LogP contribution in [0.1, 0.15) is 0 Å². The van der Waals surface area contributed by atoms with E-state index in [-0.39, 0.29) is 11.8 Å². The van der Waals surface area contributed by atoms with Crippen LogP contribution in [0.25, 0.3) is 0 Å². The quantitative estimate of drug-likeness (QED) is 0.707. The van der Waals surface area contributed by atoms with Gasteiger partial charge in [0.05, 0.1) is 0 Å². The SMILES string of the molecule is N[C@H](CSC(F)(F)C(F)Cl)C(=O)O. The molecule has 0 fully saturated rings. The molecule has 78 valence electrons. The fourth-order valence-electron chi connectivity index (χ4n) is 0.335. The van der Waals surface area contributed by atoms with E-state index in [9.17, 15) is 18.0 Å². The summed E-state index contributed by atoms with van der Waals surface area (Å²) in [6.07, 6.45) is 0. The van der Waals surface area contributed by atoms with Crippen molar-refractivity contribution in [1.29, 1.82) is 0 Å². The summed E-state index contributed by atoms with van der Waals surface area (Å²) in [5.41, 5.74) is 2.06. The minimum absolute atomic E-state index is 0.223. The zero-order chi connectivity index (χ0) is 10.6. The first-order chi connectivity index (χ1) is 5.77. The first kappa shape index (κ1) is 12.9. The summed E-state index contributed by atoms with van der Waals surface area (Å²) < 4.78 is 36.7. The van der Waals surface area contributed by atoms with Crippen LogP contribution in [0, 0.1) is 0 Å². The second kappa shape index (κ2) is 4.92. The van der Waals surface area contributed by atoms with Crippen LogP contribution in [-0.2, 0) is 4.79 Å². The molecule has 3 N–H and O–H groups in total. The van der Waals surface area contributed by atoms with Gasteiger partial charge in [0.2, 0.25) is 5.63 Å². The van der Waals surface area contributed by atoms with Gasteiger partial charge in [0, 0.05) is 5.75 Å². The number of hydrogen-bond donors (Lipinski definition) is 2. The fraction of sp³-hybridized carbons (Fsp3) is 0.800. The van der Waals surface area contributed by atoms with Crippen LogP contribution in [0.2, 0.25) is 0 Å². The first-order valence-electron chi connectivity index (χ1n) is 3.05. The van der Waals surface area contributed by atoms with Crippen molar-refractivity contribution < 1.29 is 23.1 Å². The number of halogens is 4. The van der Waals surface area contributed by atoms with Crippen molar-refractivity contribution in [1.82, 2.24) is 0 Å². The van der Waals surface area contributed by atoms with E-state index in [1.165, 1.54) is 0 Å². The molecule has 0 heterocycles. The molecule has 0 radical (unpaired) electrons. The van der Waals surface area contributed by atoms with E-state index in [2.05, 4.69) is 11.6 Å². The van der Waals surface area contributed by atoms with E-state index in [1.54, 1.807) is 0 Å². The van der Waals surface area contributed by atoms with Crippen molar-refractivity contribution in [2.24, 2.45) is 5.73 Å². The second-order valence-corrected chi connectivity index (χ2v) is 3.67. The van der Waals surface area contributed by atoms with Crippen molar-refractivity contribution in [3.63, 3.8) is 0 Å². The zero-order valence-corrected chi connectivity index (χ0v) is 7.79. The highest BCUT2D eigenvalue weighted by atomic mass is 35.5. The number of carbonyl (C=O) groups is 1. The normalized spacial score (nSPS) is 16.7. The van der Waals surface area contributed by atoms with Crippen LogP contribution >= 0.6 is 23.4 Å². The molecular weight excluding hydrogens is 231 g/mol. The van der Waals surface area contributed by atoms with Crippen LogP contribution in [0.3, 0.4) is 0 Å². The molecule has 0 aliphatic rings. The molecule has 0 bridgehead atoms. The molecule has 0 saturated carbocycles. The number of carboxylic acids is 1. The fourth-order valence-corrected chi connectivity index (χ4v) is 1.19. The van der Waals surface area contributed by atoms with Crippen molar-refractivity contribution in [2.45, 2.75) is 16.9 Å². The van der Waals surface area contributed by atoms with Crippen LogP contribution in [-0.4, -0.2) is 33.8 Å². The molecule has 0 amide bonds. The molecule has 0 aliphatic heterocycles. The van der Waals surface area contributed by atoms with E-state index in [0.717, 1.165) is 0 Å². The lowest BCUT2D eigenvalue weighted by Crippen LogP contribution is -2.35. The minimum Gasteiger partial charge on any atom is -0.480 e. The third kappa shape index (κ3) is 4.58. The standard InChI is InChI=1S/C5H7ClF3NO2S/c6-4(7)5(8,9)13-1-2(10)3(11)12/h2,4H,1,10H2,(H,11,12)/t2-,4?/m1/s1. The lowest BCUT2D eigenvalue weighted by Gasteiger charge is -2.16. The van der Waals surface area contributed by atoms with Gasteiger partial charge in [-0.3, -0.25) is 4.79 Å². The molecular formula is C5H7ClF3NO2S. The molecule has 3 nitrogen and oxygen atoms in total. The summed E-state index contributed by atoms with van der Waals surface area (Å²) in [4.78, 5) is 10.1. The Morgan fingerprint density at radius 1 is 1.69 bits per heavy atom. The summed E-state index contributed by atoms with van der Waals surface area (Å²) in [7, 11) is 0. The highest BCUT2D eigenvalue weighted by Crippen LogP contribution is 2.36. The molecule has 13 heavy (non-hydrogen) atoms. The number of carboxylic acid groups (broad SMARTS) is 1. The summed E-state index contributed by atoms with van der Waals surface area (Å²) >= 11 is 4.28. The van der Waals surface area contributed by atoms with Gasteiger partial charge in [0.1, 0.15) is 6.04 Å². The first-order valence-corrected chi connectivity index (χ1v) is 4.48. The van der Waals surface area contributed by atoms with E-state index < -0.39 is 28.6 Å². The zero-order valence-electron chi connectivity index (χ0n) is 6.21. The molecule has 2 atom stereocenters. The third-order valence-electron chi connectivity index (χ3n) is 1.03. The van der Waals surface area contributed by atoms with Crippen LogP contribution < -0.4 is 5.73 Å². The van der Waals surface area contributed by atoms with Crippen LogP contribution in [0.5, 0.6) is 0 Å². The van der Waals surface area contributed by atoms with Gasteiger partial charge in [0.25, 0.3) is 0 Å². The number of thioether (sulfide) groups is 1. The number of hydrogen-bond acceptors (Lipinski definition) is 3. The van der Waals surface area contributed by atoms with Gasteiger partial charge < -0.3 is 10.8 Å². The third-order valence-corrected chi connectivity index (χ3v) is 2.55.